The number of rotatable bonds is 9. The van der Waals surface area contributed by atoms with Gasteiger partial charge in [-0.15, -0.1) is 0 Å². The molecular formula is C21H15Cl2F5N8O3. The number of alkyl halides is 5. The van der Waals surface area contributed by atoms with Crippen LogP contribution in [-0.2, 0) is 12.7 Å². The highest BCUT2D eigenvalue weighted by molar-refractivity contribution is 6.39. The maximum atomic E-state index is 12.7. The number of aromatic nitrogens is 5. The Hall–Kier alpha value is -4.18. The van der Waals surface area contributed by atoms with Gasteiger partial charge >= 0.3 is 6.18 Å². The van der Waals surface area contributed by atoms with Crippen LogP contribution in [0.15, 0.2) is 24.3 Å². The van der Waals surface area contributed by atoms with Crippen molar-refractivity contribution in [2.24, 2.45) is 5.73 Å². The largest absolute Gasteiger partial charge is 0.471 e. The molecule has 4 rings (SSSR count). The van der Waals surface area contributed by atoms with Crippen molar-refractivity contribution >= 4 is 57.8 Å². The first kappa shape index (κ1) is 27.8. The number of carbonyl (C=O) groups excluding carboxylic acids is 2. The molecule has 0 fully saturated rings. The number of H-pyrrole nitrogens is 2. The van der Waals surface area contributed by atoms with E-state index in [0.29, 0.717) is 11.6 Å². The molecule has 0 bridgehead atoms. The minimum atomic E-state index is -4.72. The highest BCUT2D eigenvalue weighted by Gasteiger charge is 2.34. The summed E-state index contributed by atoms with van der Waals surface area (Å²) in [5.74, 6) is -2.23. The maximum absolute atomic E-state index is 12.7. The Morgan fingerprint density at radius 2 is 1.90 bits per heavy atom. The van der Waals surface area contributed by atoms with Crippen LogP contribution in [0.3, 0.4) is 0 Å². The SMILES string of the molecule is NC(=O)c1cc2[nH]c(Nc3c(Cl)ccc(CNC(=O)c4cc(C(F)(F)F)n[nH]4)c3Cl)nc2nc1OCC(F)F. The van der Waals surface area contributed by atoms with E-state index < -0.39 is 48.3 Å². The van der Waals surface area contributed by atoms with Gasteiger partial charge in [0.15, 0.2) is 17.9 Å². The second kappa shape index (κ2) is 10.9. The minimum absolute atomic E-state index is 0.0137. The highest BCUT2D eigenvalue weighted by Crippen LogP contribution is 2.35. The lowest BCUT2D eigenvalue weighted by Gasteiger charge is -2.13. The number of halogens is 7. The zero-order valence-electron chi connectivity index (χ0n) is 19.1. The Balaban J connectivity index is 1.54. The topological polar surface area (TPSA) is 164 Å². The first-order valence-corrected chi connectivity index (χ1v) is 11.3. The van der Waals surface area contributed by atoms with E-state index >= 15 is 0 Å². The van der Waals surface area contributed by atoms with Gasteiger partial charge in [-0.25, -0.2) is 8.78 Å². The van der Waals surface area contributed by atoms with Crippen LogP contribution in [0, 0.1) is 0 Å². The zero-order valence-corrected chi connectivity index (χ0v) is 20.6. The van der Waals surface area contributed by atoms with E-state index in [0.717, 1.165) is 0 Å². The summed E-state index contributed by atoms with van der Waals surface area (Å²) in [7, 11) is 0. The molecule has 0 aliphatic carbocycles. The minimum Gasteiger partial charge on any atom is -0.471 e. The fourth-order valence-electron chi connectivity index (χ4n) is 3.23. The summed E-state index contributed by atoms with van der Waals surface area (Å²) in [6.45, 7) is -1.22. The number of hydrogen-bond donors (Lipinski definition) is 5. The second-order valence-electron chi connectivity index (χ2n) is 7.73. The van der Waals surface area contributed by atoms with E-state index in [1.807, 2.05) is 5.10 Å². The summed E-state index contributed by atoms with van der Waals surface area (Å²) in [6, 6.07) is 4.71. The van der Waals surface area contributed by atoms with E-state index in [4.69, 9.17) is 33.7 Å². The van der Waals surface area contributed by atoms with Gasteiger partial charge in [0.1, 0.15) is 11.3 Å². The molecule has 39 heavy (non-hydrogen) atoms. The number of carbonyl (C=O) groups is 2. The van der Waals surface area contributed by atoms with Gasteiger partial charge in [0.2, 0.25) is 11.8 Å². The molecule has 3 aromatic heterocycles. The van der Waals surface area contributed by atoms with Gasteiger partial charge in [-0.1, -0.05) is 29.3 Å². The van der Waals surface area contributed by atoms with E-state index in [9.17, 15) is 31.5 Å². The molecule has 0 unspecified atom stereocenters. The summed E-state index contributed by atoms with van der Waals surface area (Å²) in [5.41, 5.74) is 4.02. The molecule has 11 nitrogen and oxygen atoms in total. The van der Waals surface area contributed by atoms with Crippen LogP contribution in [0.1, 0.15) is 32.1 Å². The summed E-state index contributed by atoms with van der Waals surface area (Å²) in [4.78, 5) is 34.9. The van der Waals surface area contributed by atoms with Gasteiger partial charge < -0.3 is 26.1 Å². The molecule has 2 amide bonds. The molecule has 0 aliphatic heterocycles. The Morgan fingerprint density at radius 1 is 1.15 bits per heavy atom. The normalized spacial score (nSPS) is 11.7. The highest BCUT2D eigenvalue weighted by atomic mass is 35.5. The molecule has 0 radical (unpaired) electrons. The van der Waals surface area contributed by atoms with E-state index in [2.05, 4.69) is 30.7 Å². The molecule has 0 aliphatic rings. The van der Waals surface area contributed by atoms with Gasteiger partial charge in [-0.05, 0) is 17.7 Å². The molecule has 0 saturated carbocycles. The quantitative estimate of drug-likeness (QED) is 0.179. The number of primary amides is 1. The van der Waals surface area contributed by atoms with Gasteiger partial charge in [-0.2, -0.15) is 28.2 Å². The van der Waals surface area contributed by atoms with Crippen molar-refractivity contribution in [1.29, 1.82) is 0 Å². The first-order chi connectivity index (χ1) is 18.3. The molecule has 3 heterocycles. The smallest absolute Gasteiger partial charge is 0.435 e. The molecular weight excluding hydrogens is 578 g/mol. The third-order valence-electron chi connectivity index (χ3n) is 5.02. The Morgan fingerprint density at radius 3 is 2.54 bits per heavy atom. The lowest BCUT2D eigenvalue weighted by atomic mass is 10.2. The van der Waals surface area contributed by atoms with Crippen molar-refractivity contribution < 1.29 is 36.3 Å². The maximum Gasteiger partial charge on any atom is 0.435 e. The van der Waals surface area contributed by atoms with Crippen molar-refractivity contribution in [3.63, 3.8) is 0 Å². The monoisotopic (exact) mass is 592 g/mol. The van der Waals surface area contributed by atoms with Crippen molar-refractivity contribution in [3.05, 3.63) is 56.8 Å². The Bertz CT molecular complexity index is 1560. The van der Waals surface area contributed by atoms with Crippen LogP contribution < -0.4 is 21.1 Å². The number of nitrogens with zero attached hydrogens (tertiary/aromatic N) is 3. The number of fused-ring (bicyclic) bond motifs is 1. The number of nitrogens with one attached hydrogen (secondary N) is 4. The molecule has 0 atom stereocenters. The summed E-state index contributed by atoms with van der Waals surface area (Å²) < 4.78 is 68.1. The predicted molar refractivity (Wildman–Crippen MR) is 128 cm³/mol. The average molecular weight is 593 g/mol. The number of amides is 2. The van der Waals surface area contributed by atoms with E-state index in [1.54, 1.807) is 0 Å². The van der Waals surface area contributed by atoms with Gasteiger partial charge in [0.25, 0.3) is 18.2 Å². The van der Waals surface area contributed by atoms with Crippen molar-refractivity contribution in [1.82, 2.24) is 30.5 Å². The van der Waals surface area contributed by atoms with Crippen LogP contribution in [0.5, 0.6) is 5.88 Å². The number of ether oxygens (including phenoxy) is 1. The number of anilines is 2. The molecule has 0 saturated heterocycles. The number of nitrogens with two attached hydrogens (primary N) is 1. The van der Waals surface area contributed by atoms with Crippen molar-refractivity contribution in [2.75, 3.05) is 11.9 Å². The van der Waals surface area contributed by atoms with Gasteiger partial charge in [0, 0.05) is 12.6 Å². The fraction of sp³-hybridized carbons (Fsp3) is 0.190. The average Bonchev–Trinajstić information content (AvgIpc) is 3.51. The zero-order chi connectivity index (χ0) is 28.5. The van der Waals surface area contributed by atoms with Crippen molar-refractivity contribution in [2.45, 2.75) is 19.1 Å². The lowest BCUT2D eigenvalue weighted by molar-refractivity contribution is -0.141. The predicted octanol–water partition coefficient (Wildman–Crippen LogP) is 4.42. The molecule has 0 spiro atoms. The number of aromatic amines is 2. The van der Waals surface area contributed by atoms with Crippen molar-refractivity contribution in [3.8, 4) is 5.88 Å². The fourth-order valence-corrected chi connectivity index (χ4v) is 3.76. The van der Waals surface area contributed by atoms with E-state index in [1.165, 1.54) is 18.2 Å². The van der Waals surface area contributed by atoms with Crippen LogP contribution in [0.4, 0.5) is 33.6 Å². The number of benzene rings is 1. The summed E-state index contributed by atoms with van der Waals surface area (Å²) >= 11 is 12.7. The standard InChI is InChI=1S/C21H15Cl2F5N8O3/c22-9-2-1-7(5-30-18(38)11-4-12(36-35-11)21(26,27)28)14(23)15(9)32-20-31-10-3-8(16(29)37)19(33-17(10)34-20)39-6-13(24)25/h1-4,13H,5-6H2,(H2,29,37)(H,30,38)(H,35,36)(H2,31,32,33,34). The lowest BCUT2D eigenvalue weighted by Crippen LogP contribution is -2.23. The molecule has 1 aromatic carbocycles. The molecule has 6 N–H and O–H groups in total. The van der Waals surface area contributed by atoms with Crippen LogP contribution in [0.2, 0.25) is 10.0 Å². The number of hydrogen-bond acceptors (Lipinski definition) is 7. The summed E-state index contributed by atoms with van der Waals surface area (Å²) in [6.07, 6.45) is -7.54. The molecule has 4 aromatic rings. The van der Waals surface area contributed by atoms with Gasteiger partial charge in [0.05, 0.1) is 21.2 Å². The number of imidazole rings is 1. The van der Waals surface area contributed by atoms with E-state index in [-0.39, 0.29) is 45.0 Å². The first-order valence-electron chi connectivity index (χ1n) is 10.6. The molecule has 18 heteroatoms. The van der Waals surface area contributed by atoms with Crippen LogP contribution in [0.25, 0.3) is 11.2 Å². The third kappa shape index (κ3) is 6.28. The van der Waals surface area contributed by atoms with Crippen LogP contribution >= 0.6 is 23.2 Å². The number of pyridine rings is 1. The second-order valence-corrected chi connectivity index (χ2v) is 8.52. The van der Waals surface area contributed by atoms with Gasteiger partial charge in [-0.3, -0.25) is 14.7 Å². The third-order valence-corrected chi connectivity index (χ3v) is 5.76. The molecule has 206 valence electrons. The van der Waals surface area contributed by atoms with Crippen LogP contribution in [-0.4, -0.2) is 50.0 Å². The Kier molecular flexibility index (Phi) is 7.78. The Labute approximate surface area is 224 Å². The summed E-state index contributed by atoms with van der Waals surface area (Å²) in [5, 5.41) is 10.5.